The third kappa shape index (κ3) is 4.41. The summed E-state index contributed by atoms with van der Waals surface area (Å²) in [6, 6.07) is 36.9. The zero-order valence-electron chi connectivity index (χ0n) is 16.7. The molecular weight excluding hydrogens is 416 g/mol. The lowest BCUT2D eigenvalue weighted by atomic mass is 9.85. The van der Waals surface area contributed by atoms with Crippen LogP contribution in [-0.2, 0) is 0 Å². The summed E-state index contributed by atoms with van der Waals surface area (Å²) in [5.74, 6) is 0. The molecule has 29 heavy (non-hydrogen) atoms. The molecule has 4 rings (SSSR count). The van der Waals surface area contributed by atoms with Crippen molar-refractivity contribution in [3.63, 3.8) is 0 Å². The molecular formula is C28H23Br. The van der Waals surface area contributed by atoms with Crippen LogP contribution in [0.1, 0.15) is 33.4 Å². The maximum absolute atomic E-state index is 3.58. The van der Waals surface area contributed by atoms with Gasteiger partial charge in [0.25, 0.3) is 0 Å². The van der Waals surface area contributed by atoms with E-state index in [9.17, 15) is 0 Å². The van der Waals surface area contributed by atoms with Gasteiger partial charge in [-0.15, -0.1) is 0 Å². The summed E-state index contributed by atoms with van der Waals surface area (Å²) in [6.07, 6.45) is 0. The predicted octanol–water partition coefficient (Wildman–Crippen LogP) is 8.07. The van der Waals surface area contributed by atoms with Crippen molar-refractivity contribution in [2.75, 3.05) is 0 Å². The second kappa shape index (κ2) is 8.63. The molecule has 0 nitrogen and oxygen atoms in total. The summed E-state index contributed by atoms with van der Waals surface area (Å²) in [6.45, 7) is 4.26. The highest BCUT2D eigenvalue weighted by molar-refractivity contribution is 9.10. The molecule has 0 spiro atoms. The largest absolute Gasteiger partial charge is 0.0622 e. The maximum Gasteiger partial charge on any atom is 0.0175 e. The van der Waals surface area contributed by atoms with Crippen molar-refractivity contribution in [1.29, 1.82) is 0 Å². The first kappa shape index (κ1) is 19.4. The minimum atomic E-state index is 1.08. The van der Waals surface area contributed by atoms with Gasteiger partial charge in [0.2, 0.25) is 0 Å². The monoisotopic (exact) mass is 438 g/mol. The molecule has 0 amide bonds. The lowest BCUT2D eigenvalue weighted by molar-refractivity contribution is 1.42. The Balaban J connectivity index is 2.08. The number of hydrogen-bond donors (Lipinski definition) is 0. The fourth-order valence-corrected chi connectivity index (χ4v) is 3.84. The van der Waals surface area contributed by atoms with Crippen LogP contribution < -0.4 is 0 Å². The van der Waals surface area contributed by atoms with Crippen molar-refractivity contribution in [1.82, 2.24) is 0 Å². The lowest BCUT2D eigenvalue weighted by Crippen LogP contribution is -1.97. The molecule has 0 radical (unpaired) electrons. The van der Waals surface area contributed by atoms with Gasteiger partial charge in [0.05, 0.1) is 0 Å². The summed E-state index contributed by atoms with van der Waals surface area (Å²) in [4.78, 5) is 0. The maximum atomic E-state index is 3.58. The molecule has 0 bridgehead atoms. The third-order valence-corrected chi connectivity index (χ3v) is 5.65. The average molecular weight is 439 g/mol. The number of rotatable bonds is 4. The van der Waals surface area contributed by atoms with Crippen molar-refractivity contribution in [2.24, 2.45) is 0 Å². The number of hydrogen-bond acceptors (Lipinski definition) is 0. The standard InChI is InChI=1S/C28H23Br/c1-20-8-12-23(13-9-20)28(24-14-10-21(2)11-15-24)27(22-6-4-3-5-7-22)25-16-18-26(29)19-17-25/h3-19H,1-2H3. The molecule has 4 aromatic carbocycles. The van der Waals surface area contributed by atoms with Gasteiger partial charge in [-0.25, -0.2) is 0 Å². The Morgan fingerprint density at radius 1 is 0.448 bits per heavy atom. The first-order chi connectivity index (χ1) is 14.1. The van der Waals surface area contributed by atoms with Gasteiger partial charge >= 0.3 is 0 Å². The van der Waals surface area contributed by atoms with Crippen molar-refractivity contribution in [2.45, 2.75) is 13.8 Å². The van der Waals surface area contributed by atoms with Gasteiger partial charge in [-0.1, -0.05) is 118 Å². The number of benzene rings is 4. The highest BCUT2D eigenvalue weighted by Crippen LogP contribution is 2.37. The quantitative estimate of drug-likeness (QED) is 0.282. The second-order valence-corrected chi connectivity index (χ2v) is 8.27. The Bertz CT molecular complexity index is 1070. The average Bonchev–Trinajstić information content (AvgIpc) is 2.75. The zero-order valence-corrected chi connectivity index (χ0v) is 18.3. The first-order valence-corrected chi connectivity index (χ1v) is 10.6. The van der Waals surface area contributed by atoms with Gasteiger partial charge in [0, 0.05) is 4.47 Å². The van der Waals surface area contributed by atoms with Crippen LogP contribution in [0.2, 0.25) is 0 Å². The van der Waals surface area contributed by atoms with E-state index in [1.54, 1.807) is 0 Å². The van der Waals surface area contributed by atoms with Crippen LogP contribution in [0, 0.1) is 13.8 Å². The van der Waals surface area contributed by atoms with Crippen LogP contribution in [0.15, 0.2) is 108 Å². The van der Waals surface area contributed by atoms with E-state index >= 15 is 0 Å². The number of halogens is 1. The van der Waals surface area contributed by atoms with Crippen LogP contribution >= 0.6 is 15.9 Å². The predicted molar refractivity (Wildman–Crippen MR) is 128 cm³/mol. The van der Waals surface area contributed by atoms with Gasteiger partial charge in [0.15, 0.2) is 0 Å². The molecule has 0 N–H and O–H groups in total. The van der Waals surface area contributed by atoms with E-state index in [1.165, 1.54) is 44.5 Å². The Morgan fingerprint density at radius 2 is 0.793 bits per heavy atom. The summed E-state index contributed by atoms with van der Waals surface area (Å²) in [5, 5.41) is 0. The van der Waals surface area contributed by atoms with E-state index in [-0.39, 0.29) is 0 Å². The molecule has 0 aliphatic carbocycles. The van der Waals surface area contributed by atoms with Crippen LogP contribution in [0.3, 0.4) is 0 Å². The second-order valence-electron chi connectivity index (χ2n) is 7.35. The topological polar surface area (TPSA) is 0 Å². The lowest BCUT2D eigenvalue weighted by Gasteiger charge is -2.18. The molecule has 4 aromatic rings. The Hall–Kier alpha value is -2.90. The molecule has 1 heteroatoms. The van der Waals surface area contributed by atoms with E-state index in [1.807, 2.05) is 0 Å². The molecule has 142 valence electrons. The van der Waals surface area contributed by atoms with Crippen LogP contribution in [0.5, 0.6) is 0 Å². The Labute approximate surface area is 181 Å². The fraction of sp³-hybridized carbons (Fsp3) is 0.0714. The Morgan fingerprint density at radius 3 is 1.21 bits per heavy atom. The fourth-order valence-electron chi connectivity index (χ4n) is 3.57. The van der Waals surface area contributed by atoms with Crippen molar-refractivity contribution in [3.05, 3.63) is 141 Å². The highest BCUT2D eigenvalue weighted by Gasteiger charge is 2.16. The minimum Gasteiger partial charge on any atom is -0.0622 e. The Kier molecular flexibility index (Phi) is 5.78. The zero-order chi connectivity index (χ0) is 20.2. The van der Waals surface area contributed by atoms with Crippen LogP contribution in [0.4, 0.5) is 0 Å². The van der Waals surface area contributed by atoms with Gasteiger partial charge in [-0.2, -0.15) is 0 Å². The summed E-state index contributed by atoms with van der Waals surface area (Å²) < 4.78 is 1.08. The third-order valence-electron chi connectivity index (χ3n) is 5.13. The highest BCUT2D eigenvalue weighted by atomic mass is 79.9. The molecule has 0 unspecified atom stereocenters. The van der Waals surface area contributed by atoms with Gasteiger partial charge in [-0.3, -0.25) is 0 Å². The molecule has 0 fully saturated rings. The van der Waals surface area contributed by atoms with Crippen molar-refractivity contribution >= 4 is 27.1 Å². The molecule has 0 aromatic heterocycles. The smallest absolute Gasteiger partial charge is 0.0175 e. The van der Waals surface area contributed by atoms with Crippen LogP contribution in [0.25, 0.3) is 11.1 Å². The van der Waals surface area contributed by atoms with Crippen LogP contribution in [-0.4, -0.2) is 0 Å². The van der Waals surface area contributed by atoms with Gasteiger partial charge in [0.1, 0.15) is 0 Å². The summed E-state index contributed by atoms with van der Waals surface area (Å²) in [7, 11) is 0. The molecule has 0 aliphatic rings. The summed E-state index contributed by atoms with van der Waals surface area (Å²) in [5.41, 5.74) is 9.89. The SMILES string of the molecule is Cc1ccc(C(=C(c2ccccc2)c2ccc(Br)cc2)c2ccc(C)cc2)cc1. The molecule has 0 saturated carbocycles. The molecule has 0 atom stereocenters. The van der Waals surface area contributed by atoms with E-state index < -0.39 is 0 Å². The first-order valence-electron chi connectivity index (χ1n) is 9.81. The molecule has 0 saturated heterocycles. The van der Waals surface area contributed by atoms with E-state index in [0.29, 0.717) is 0 Å². The van der Waals surface area contributed by atoms with Crippen molar-refractivity contribution < 1.29 is 0 Å². The number of aryl methyl sites for hydroxylation is 2. The van der Waals surface area contributed by atoms with Gasteiger partial charge < -0.3 is 0 Å². The van der Waals surface area contributed by atoms with E-state index in [2.05, 4.69) is 133 Å². The normalized spacial score (nSPS) is 10.6. The minimum absolute atomic E-state index is 1.08. The van der Waals surface area contributed by atoms with E-state index in [0.717, 1.165) is 4.47 Å². The molecule has 0 heterocycles. The van der Waals surface area contributed by atoms with Gasteiger partial charge in [-0.05, 0) is 59.4 Å². The van der Waals surface area contributed by atoms with Crippen molar-refractivity contribution in [3.8, 4) is 0 Å². The van der Waals surface area contributed by atoms with E-state index in [4.69, 9.17) is 0 Å². The molecule has 0 aliphatic heterocycles. The summed E-state index contributed by atoms with van der Waals surface area (Å²) >= 11 is 3.58.